The summed E-state index contributed by atoms with van der Waals surface area (Å²) in [5, 5.41) is 16.2. The second kappa shape index (κ2) is 14.0. The number of carboxylic acids is 1. The lowest BCUT2D eigenvalue weighted by atomic mass is 9.95. The van der Waals surface area contributed by atoms with E-state index >= 15 is 0 Å². The molecule has 1 fully saturated rings. The molecule has 1 atom stereocenters. The summed E-state index contributed by atoms with van der Waals surface area (Å²) in [6.45, 7) is 3.02. The van der Waals surface area contributed by atoms with Gasteiger partial charge in [-0.3, -0.25) is 4.79 Å². The molecular weight excluding hydrogens is 528 g/mol. The summed E-state index contributed by atoms with van der Waals surface area (Å²) in [6.07, 6.45) is 7.67. The molecule has 0 radical (unpaired) electrons. The standard InChI is InChI=1S/C34H40N4O4/c1-2-3-14-31-37-29-20-17-27(35-22-32(39)36-26-12-8-5-9-13-26)21-30(29)38(31)23-24-15-18-28(19-16-24)42-33(34(40)41)25-10-6-4-7-11-25/h4,6-7,10-11,15-21,26,33,35H,2-3,5,8-9,12-14,22-23H2,1H3,(H,36,39)(H,40,41). The van der Waals surface area contributed by atoms with Crippen LogP contribution >= 0.6 is 0 Å². The molecule has 1 aliphatic carbocycles. The third-order valence-corrected chi connectivity index (χ3v) is 7.85. The minimum Gasteiger partial charge on any atom is -0.478 e. The zero-order chi connectivity index (χ0) is 29.3. The highest BCUT2D eigenvalue weighted by atomic mass is 16.5. The van der Waals surface area contributed by atoms with Gasteiger partial charge in [-0.25, -0.2) is 9.78 Å². The summed E-state index contributed by atoms with van der Waals surface area (Å²) in [7, 11) is 0. The number of nitrogens with one attached hydrogen (secondary N) is 2. The van der Waals surface area contributed by atoms with Gasteiger partial charge in [0.2, 0.25) is 12.0 Å². The number of hydrogen-bond donors (Lipinski definition) is 3. The first-order valence-corrected chi connectivity index (χ1v) is 15.1. The zero-order valence-electron chi connectivity index (χ0n) is 24.2. The number of aliphatic carboxylic acids is 1. The summed E-state index contributed by atoms with van der Waals surface area (Å²) in [5.41, 5.74) is 4.46. The quantitative estimate of drug-likeness (QED) is 0.170. The molecule has 5 rings (SSSR count). The number of hydrogen-bond acceptors (Lipinski definition) is 5. The van der Waals surface area contributed by atoms with E-state index in [2.05, 4.69) is 28.2 Å². The Morgan fingerprint density at radius 3 is 2.50 bits per heavy atom. The molecule has 0 aliphatic heterocycles. The van der Waals surface area contributed by atoms with Gasteiger partial charge in [0.25, 0.3) is 0 Å². The highest BCUT2D eigenvalue weighted by Crippen LogP contribution is 2.26. The van der Waals surface area contributed by atoms with Crippen LogP contribution in [-0.2, 0) is 22.6 Å². The Balaban J connectivity index is 1.30. The van der Waals surface area contributed by atoms with E-state index in [0.717, 1.165) is 60.2 Å². The molecule has 1 aromatic heterocycles. The van der Waals surface area contributed by atoms with Gasteiger partial charge < -0.3 is 25.0 Å². The Bertz CT molecular complexity index is 1480. The van der Waals surface area contributed by atoms with Gasteiger partial charge in [0, 0.05) is 30.3 Å². The van der Waals surface area contributed by atoms with E-state index in [1.54, 1.807) is 24.3 Å². The molecule has 3 N–H and O–H groups in total. The average molecular weight is 569 g/mol. The lowest BCUT2D eigenvalue weighted by molar-refractivity contribution is -0.145. The van der Waals surface area contributed by atoms with Crippen molar-refractivity contribution in [3.05, 3.63) is 89.7 Å². The smallest absolute Gasteiger partial charge is 0.349 e. The van der Waals surface area contributed by atoms with E-state index in [4.69, 9.17) is 9.72 Å². The van der Waals surface area contributed by atoms with Crippen molar-refractivity contribution in [3.63, 3.8) is 0 Å². The van der Waals surface area contributed by atoms with Crippen LogP contribution in [0.1, 0.15) is 74.9 Å². The number of nitrogens with zero attached hydrogens (tertiary/aromatic N) is 2. The normalized spacial score (nSPS) is 14.4. The summed E-state index contributed by atoms with van der Waals surface area (Å²) < 4.78 is 8.08. The number of benzene rings is 3. The largest absolute Gasteiger partial charge is 0.478 e. The molecule has 1 saturated carbocycles. The molecule has 0 spiro atoms. The van der Waals surface area contributed by atoms with Crippen molar-refractivity contribution in [3.8, 4) is 5.75 Å². The molecule has 1 aliphatic rings. The molecule has 8 nitrogen and oxygen atoms in total. The van der Waals surface area contributed by atoms with Crippen molar-refractivity contribution in [2.45, 2.75) is 77.0 Å². The molecule has 0 bridgehead atoms. The van der Waals surface area contributed by atoms with E-state index < -0.39 is 12.1 Å². The number of amides is 1. The highest BCUT2D eigenvalue weighted by Gasteiger charge is 2.22. The topological polar surface area (TPSA) is 105 Å². The summed E-state index contributed by atoms with van der Waals surface area (Å²) in [6, 6.07) is 22.9. The second-order valence-electron chi connectivity index (χ2n) is 11.1. The van der Waals surface area contributed by atoms with Gasteiger partial charge in [-0.05, 0) is 55.2 Å². The van der Waals surface area contributed by atoms with Crippen LogP contribution in [0.5, 0.6) is 5.75 Å². The first kappa shape index (κ1) is 29.2. The monoisotopic (exact) mass is 568 g/mol. The molecule has 0 saturated heterocycles. The zero-order valence-corrected chi connectivity index (χ0v) is 24.2. The lowest BCUT2D eigenvalue weighted by Crippen LogP contribution is -2.39. The third-order valence-electron chi connectivity index (χ3n) is 7.85. The van der Waals surface area contributed by atoms with E-state index in [0.29, 0.717) is 23.9 Å². The van der Waals surface area contributed by atoms with Gasteiger partial charge in [-0.15, -0.1) is 0 Å². The number of unbranched alkanes of at least 4 members (excludes halogenated alkanes) is 1. The minimum atomic E-state index is -1.08. The number of aryl methyl sites for hydroxylation is 1. The summed E-state index contributed by atoms with van der Waals surface area (Å²) in [4.78, 5) is 29.4. The van der Waals surface area contributed by atoms with Crippen LogP contribution in [-0.4, -0.2) is 39.1 Å². The first-order chi connectivity index (χ1) is 20.5. The molecule has 1 unspecified atom stereocenters. The fourth-order valence-electron chi connectivity index (χ4n) is 5.57. The Labute approximate surface area is 247 Å². The average Bonchev–Trinajstić information content (AvgIpc) is 3.35. The fraction of sp³-hybridized carbons (Fsp3) is 0.382. The molecule has 1 amide bonds. The fourth-order valence-corrected chi connectivity index (χ4v) is 5.57. The van der Waals surface area contributed by atoms with Crippen molar-refractivity contribution >= 4 is 28.6 Å². The van der Waals surface area contributed by atoms with E-state index in [9.17, 15) is 14.7 Å². The molecule has 220 valence electrons. The number of carboxylic acid groups (broad SMARTS) is 1. The molecule has 4 aromatic rings. The Hall–Kier alpha value is -4.33. The van der Waals surface area contributed by atoms with Crippen LogP contribution in [0.25, 0.3) is 11.0 Å². The van der Waals surface area contributed by atoms with Crippen LogP contribution in [0.4, 0.5) is 5.69 Å². The number of ether oxygens (including phenoxy) is 1. The van der Waals surface area contributed by atoms with Gasteiger partial charge in [-0.1, -0.05) is 75.1 Å². The van der Waals surface area contributed by atoms with Crippen molar-refractivity contribution in [2.75, 3.05) is 11.9 Å². The number of anilines is 1. The first-order valence-electron chi connectivity index (χ1n) is 15.1. The number of rotatable bonds is 13. The molecule has 8 heteroatoms. The van der Waals surface area contributed by atoms with E-state index in [1.807, 2.05) is 42.5 Å². The maximum absolute atomic E-state index is 12.6. The molecule has 42 heavy (non-hydrogen) atoms. The maximum atomic E-state index is 12.6. The summed E-state index contributed by atoms with van der Waals surface area (Å²) in [5.74, 6) is 0.509. The number of carbonyl (C=O) groups is 2. The minimum absolute atomic E-state index is 0.0267. The third kappa shape index (κ3) is 7.49. The van der Waals surface area contributed by atoms with Gasteiger partial charge in [-0.2, -0.15) is 0 Å². The van der Waals surface area contributed by atoms with Crippen molar-refractivity contribution in [1.82, 2.24) is 14.9 Å². The summed E-state index contributed by atoms with van der Waals surface area (Å²) >= 11 is 0. The molecule has 1 heterocycles. The van der Waals surface area contributed by atoms with E-state index in [1.165, 1.54) is 19.3 Å². The maximum Gasteiger partial charge on any atom is 0.349 e. The number of fused-ring (bicyclic) bond motifs is 1. The van der Waals surface area contributed by atoms with Crippen molar-refractivity contribution in [1.29, 1.82) is 0 Å². The van der Waals surface area contributed by atoms with Gasteiger partial charge >= 0.3 is 5.97 Å². The van der Waals surface area contributed by atoms with Crippen LogP contribution < -0.4 is 15.4 Å². The van der Waals surface area contributed by atoms with Crippen molar-refractivity contribution < 1.29 is 19.4 Å². The highest BCUT2D eigenvalue weighted by molar-refractivity contribution is 5.84. The SMILES string of the molecule is CCCCc1nc2ccc(NCC(=O)NC3CCCCC3)cc2n1Cc1ccc(OC(C(=O)O)c2ccccc2)cc1. The molecule has 3 aromatic carbocycles. The number of carbonyl (C=O) groups excluding carboxylic acids is 1. The van der Waals surface area contributed by atoms with E-state index in [-0.39, 0.29) is 12.5 Å². The van der Waals surface area contributed by atoms with Crippen LogP contribution in [0, 0.1) is 0 Å². The van der Waals surface area contributed by atoms with Crippen LogP contribution in [0.15, 0.2) is 72.8 Å². The van der Waals surface area contributed by atoms with Crippen molar-refractivity contribution in [2.24, 2.45) is 0 Å². The predicted molar refractivity (Wildman–Crippen MR) is 165 cm³/mol. The van der Waals surface area contributed by atoms with Crippen LogP contribution in [0.3, 0.4) is 0 Å². The van der Waals surface area contributed by atoms with Crippen LogP contribution in [0.2, 0.25) is 0 Å². The lowest BCUT2D eigenvalue weighted by Gasteiger charge is -2.22. The van der Waals surface area contributed by atoms with Gasteiger partial charge in [0.15, 0.2) is 0 Å². The second-order valence-corrected chi connectivity index (χ2v) is 11.1. The molecular formula is C34H40N4O4. The Morgan fingerprint density at radius 1 is 1.02 bits per heavy atom. The number of imidazole rings is 1. The predicted octanol–water partition coefficient (Wildman–Crippen LogP) is 6.49. The number of aromatic nitrogens is 2. The Kier molecular flexibility index (Phi) is 9.74. The van der Waals surface area contributed by atoms with Gasteiger partial charge in [0.05, 0.1) is 17.6 Å². The van der Waals surface area contributed by atoms with Gasteiger partial charge in [0.1, 0.15) is 11.6 Å². The Morgan fingerprint density at radius 2 is 1.79 bits per heavy atom.